The van der Waals surface area contributed by atoms with E-state index in [2.05, 4.69) is 6.92 Å². The van der Waals surface area contributed by atoms with E-state index in [4.69, 9.17) is 5.11 Å². The molecule has 0 radical (unpaired) electrons. The number of carboxylic acid groups (broad SMARTS) is 1. The Kier molecular flexibility index (Phi) is 6.59. The average molecular weight is 297 g/mol. The molecule has 0 bridgehead atoms. The number of rotatable bonds is 6. The molecule has 2 aliphatic carbocycles. The van der Waals surface area contributed by atoms with Crippen molar-refractivity contribution in [2.24, 2.45) is 17.8 Å². The molecule has 2 aliphatic rings. The number of carboxylic acids is 1. The van der Waals surface area contributed by atoms with Gasteiger partial charge in [0.05, 0.1) is 5.92 Å². The van der Waals surface area contributed by atoms with Gasteiger partial charge in [-0.2, -0.15) is 0 Å². The van der Waals surface area contributed by atoms with Crippen LogP contribution in [0.5, 0.6) is 0 Å². The molecule has 20 heavy (non-hydrogen) atoms. The third kappa shape index (κ3) is 4.61. The van der Waals surface area contributed by atoms with Gasteiger partial charge in [-0.3, -0.25) is 4.79 Å². The second-order valence-electron chi connectivity index (χ2n) is 7.23. The second-order valence-corrected chi connectivity index (χ2v) is 9.67. The number of aliphatic carboxylic acids is 1. The van der Waals surface area contributed by atoms with Crippen molar-refractivity contribution in [1.82, 2.24) is 0 Å². The van der Waals surface area contributed by atoms with E-state index in [-0.39, 0.29) is 15.4 Å². The van der Waals surface area contributed by atoms with E-state index in [1.807, 2.05) is 0 Å². The summed E-state index contributed by atoms with van der Waals surface area (Å²) in [5.74, 6) is 1.18. The van der Waals surface area contributed by atoms with Gasteiger partial charge in [-0.15, -0.1) is 0 Å². The smallest absolute Gasteiger partial charge is 0.306 e. The van der Waals surface area contributed by atoms with E-state index in [0.717, 1.165) is 30.2 Å². The SMILES string of the molecule is CCCC[SiH2]C1CCC(C2CCC(C(=O)O)CC2)CC1. The highest BCUT2D eigenvalue weighted by Gasteiger charge is 2.32. The standard InChI is InChI=1S/C17H32O2Si/c1-2-3-12-20-16-10-8-14(9-11-16)13-4-6-15(7-5-13)17(18)19/h13-16H,2-12,20H2,1H3,(H,18,19). The van der Waals surface area contributed by atoms with Crippen LogP contribution in [0.1, 0.15) is 71.1 Å². The molecular formula is C17H32O2Si. The monoisotopic (exact) mass is 296 g/mol. The highest BCUT2D eigenvalue weighted by Crippen LogP contribution is 2.42. The maximum atomic E-state index is 11.0. The summed E-state index contributed by atoms with van der Waals surface area (Å²) in [6, 6.07) is 1.57. The van der Waals surface area contributed by atoms with E-state index in [9.17, 15) is 4.79 Å². The van der Waals surface area contributed by atoms with E-state index >= 15 is 0 Å². The van der Waals surface area contributed by atoms with E-state index in [1.165, 1.54) is 51.4 Å². The lowest BCUT2D eigenvalue weighted by Gasteiger charge is -2.37. The summed E-state index contributed by atoms with van der Waals surface area (Å²) in [6.07, 6.45) is 13.0. The molecule has 0 aromatic heterocycles. The summed E-state index contributed by atoms with van der Waals surface area (Å²) >= 11 is 0. The molecule has 0 heterocycles. The lowest BCUT2D eigenvalue weighted by atomic mass is 9.71. The Morgan fingerprint density at radius 1 is 1.00 bits per heavy atom. The lowest BCUT2D eigenvalue weighted by molar-refractivity contribution is -0.143. The normalized spacial score (nSPS) is 35.5. The Bertz CT molecular complexity index is 289. The lowest BCUT2D eigenvalue weighted by Crippen LogP contribution is -2.28. The zero-order valence-corrected chi connectivity index (χ0v) is 14.6. The van der Waals surface area contributed by atoms with Crippen molar-refractivity contribution in [1.29, 1.82) is 0 Å². The Balaban J connectivity index is 1.65. The second kappa shape index (κ2) is 8.21. The predicted molar refractivity (Wildman–Crippen MR) is 87.1 cm³/mol. The third-order valence-corrected chi connectivity index (χ3v) is 8.44. The molecular weight excluding hydrogens is 264 g/mol. The first-order valence-electron chi connectivity index (χ1n) is 8.93. The van der Waals surface area contributed by atoms with Crippen LogP contribution in [-0.2, 0) is 4.79 Å². The summed E-state index contributed by atoms with van der Waals surface area (Å²) in [7, 11) is 0.207. The highest BCUT2D eigenvalue weighted by atomic mass is 28.2. The molecule has 0 atom stereocenters. The van der Waals surface area contributed by atoms with Crippen molar-refractivity contribution in [2.45, 2.75) is 82.7 Å². The Morgan fingerprint density at radius 2 is 1.55 bits per heavy atom. The molecule has 0 aromatic carbocycles. The molecule has 0 amide bonds. The maximum absolute atomic E-state index is 11.0. The Morgan fingerprint density at radius 3 is 2.05 bits per heavy atom. The van der Waals surface area contributed by atoms with Crippen molar-refractivity contribution < 1.29 is 9.90 Å². The van der Waals surface area contributed by atoms with Crippen LogP contribution in [0.3, 0.4) is 0 Å². The fraction of sp³-hybridized carbons (Fsp3) is 0.941. The van der Waals surface area contributed by atoms with Gasteiger partial charge < -0.3 is 5.11 Å². The van der Waals surface area contributed by atoms with Gasteiger partial charge in [-0.05, 0) is 37.5 Å². The van der Waals surface area contributed by atoms with Crippen LogP contribution in [0, 0.1) is 17.8 Å². The van der Waals surface area contributed by atoms with Crippen LogP contribution in [0.2, 0.25) is 11.6 Å². The van der Waals surface area contributed by atoms with Crippen molar-refractivity contribution in [3.05, 3.63) is 0 Å². The first-order valence-corrected chi connectivity index (χ1v) is 10.7. The van der Waals surface area contributed by atoms with E-state index in [1.54, 1.807) is 6.04 Å². The zero-order valence-electron chi connectivity index (χ0n) is 13.2. The summed E-state index contributed by atoms with van der Waals surface area (Å²) in [5.41, 5.74) is 1.13. The predicted octanol–water partition coefficient (Wildman–Crippen LogP) is 4.24. The Hall–Kier alpha value is -0.313. The minimum atomic E-state index is -0.561. The quantitative estimate of drug-likeness (QED) is 0.588. The molecule has 2 rings (SSSR count). The van der Waals surface area contributed by atoms with E-state index < -0.39 is 5.97 Å². The number of unbranched alkanes of at least 4 members (excludes halogenated alkanes) is 1. The maximum Gasteiger partial charge on any atom is 0.306 e. The molecule has 2 nitrogen and oxygen atoms in total. The highest BCUT2D eigenvalue weighted by molar-refractivity contribution is 6.37. The fourth-order valence-electron chi connectivity index (χ4n) is 4.47. The fourth-order valence-corrected chi connectivity index (χ4v) is 6.88. The van der Waals surface area contributed by atoms with Crippen LogP contribution in [-0.4, -0.2) is 20.6 Å². The van der Waals surface area contributed by atoms with Crippen LogP contribution in [0.25, 0.3) is 0 Å². The largest absolute Gasteiger partial charge is 0.481 e. The van der Waals surface area contributed by atoms with Gasteiger partial charge in [-0.1, -0.05) is 57.0 Å². The van der Waals surface area contributed by atoms with Crippen molar-refractivity contribution in [3.8, 4) is 0 Å². The third-order valence-electron chi connectivity index (χ3n) is 5.90. The van der Waals surface area contributed by atoms with Crippen LogP contribution in [0.15, 0.2) is 0 Å². The first kappa shape index (κ1) is 16.1. The molecule has 0 aromatic rings. The summed E-state index contributed by atoms with van der Waals surface area (Å²) in [4.78, 5) is 11.0. The molecule has 1 N–H and O–H groups in total. The van der Waals surface area contributed by atoms with Crippen molar-refractivity contribution in [2.75, 3.05) is 0 Å². The van der Waals surface area contributed by atoms with Gasteiger partial charge in [0.25, 0.3) is 0 Å². The first-order chi connectivity index (χ1) is 9.70. The zero-order chi connectivity index (χ0) is 14.4. The Labute approximate surface area is 126 Å². The number of carbonyl (C=O) groups is 1. The molecule has 0 saturated heterocycles. The van der Waals surface area contributed by atoms with E-state index in [0.29, 0.717) is 0 Å². The molecule has 0 spiro atoms. The van der Waals surface area contributed by atoms with Crippen LogP contribution < -0.4 is 0 Å². The van der Waals surface area contributed by atoms with Crippen LogP contribution in [0.4, 0.5) is 0 Å². The molecule has 3 heteroatoms. The topological polar surface area (TPSA) is 37.3 Å². The molecule has 2 fully saturated rings. The van der Waals surface area contributed by atoms with Gasteiger partial charge in [-0.25, -0.2) is 0 Å². The summed E-state index contributed by atoms with van der Waals surface area (Å²) in [5, 5.41) is 9.08. The minimum absolute atomic E-state index is 0.0379. The van der Waals surface area contributed by atoms with Gasteiger partial charge >= 0.3 is 5.97 Å². The molecule has 0 unspecified atom stereocenters. The molecule has 116 valence electrons. The van der Waals surface area contributed by atoms with Gasteiger partial charge in [0.1, 0.15) is 0 Å². The van der Waals surface area contributed by atoms with Gasteiger partial charge in [0.15, 0.2) is 0 Å². The van der Waals surface area contributed by atoms with Gasteiger partial charge in [0, 0.05) is 9.52 Å². The number of hydrogen-bond acceptors (Lipinski definition) is 1. The molecule has 2 saturated carbocycles. The average Bonchev–Trinajstić information content (AvgIpc) is 2.48. The van der Waals surface area contributed by atoms with Crippen molar-refractivity contribution in [3.63, 3.8) is 0 Å². The molecule has 0 aliphatic heterocycles. The number of hydrogen-bond donors (Lipinski definition) is 1. The summed E-state index contributed by atoms with van der Waals surface area (Å²) < 4.78 is 0. The van der Waals surface area contributed by atoms with Gasteiger partial charge in [0.2, 0.25) is 0 Å². The summed E-state index contributed by atoms with van der Waals surface area (Å²) in [6.45, 7) is 2.30. The van der Waals surface area contributed by atoms with Crippen LogP contribution >= 0.6 is 0 Å². The minimum Gasteiger partial charge on any atom is -0.481 e. The van der Waals surface area contributed by atoms with Crippen molar-refractivity contribution >= 4 is 15.5 Å².